The second-order valence-electron chi connectivity index (χ2n) is 6.68. The van der Waals surface area contributed by atoms with E-state index in [4.69, 9.17) is 0 Å². The summed E-state index contributed by atoms with van der Waals surface area (Å²) in [5.74, 6) is 1.13. The summed E-state index contributed by atoms with van der Waals surface area (Å²) in [6, 6.07) is 13.2. The summed E-state index contributed by atoms with van der Waals surface area (Å²) in [6.07, 6.45) is 3.97. The molecule has 0 bridgehead atoms. The van der Waals surface area contributed by atoms with Crippen molar-refractivity contribution in [2.45, 2.75) is 33.0 Å². The Bertz CT molecular complexity index is 811. The number of imidazole rings is 1. The topological polar surface area (TPSA) is 38.9 Å². The molecule has 0 amide bonds. The largest absolute Gasteiger partial charge is 0.329 e. The Hall–Kier alpha value is -2.40. The lowest BCUT2D eigenvalue weighted by Gasteiger charge is -2.39. The minimum absolute atomic E-state index is 0.497. The Morgan fingerprint density at radius 2 is 1.88 bits per heavy atom. The molecule has 0 atom stereocenters. The van der Waals surface area contributed by atoms with Gasteiger partial charge in [0.2, 0.25) is 0 Å². The first-order chi connectivity index (χ1) is 11.7. The molecule has 1 aromatic carbocycles. The molecule has 0 aliphatic carbocycles. The first-order valence-electron chi connectivity index (χ1n) is 8.48. The van der Waals surface area contributed by atoms with E-state index in [1.807, 2.05) is 6.20 Å². The van der Waals surface area contributed by atoms with Crippen molar-refractivity contribution in [3.8, 4) is 0 Å². The van der Waals surface area contributed by atoms with Crippen LogP contribution < -0.4 is 0 Å². The first kappa shape index (κ1) is 15.1. The summed E-state index contributed by atoms with van der Waals surface area (Å²) in [5, 5.41) is 4.61. The Labute approximate surface area is 142 Å². The molecule has 1 aliphatic rings. The van der Waals surface area contributed by atoms with Gasteiger partial charge in [-0.1, -0.05) is 30.3 Å². The average Bonchev–Trinajstić information content (AvgIpc) is 3.10. The molecule has 1 aliphatic heterocycles. The molecule has 4 rings (SSSR count). The number of hydrogen-bond acceptors (Lipinski definition) is 3. The number of benzene rings is 1. The van der Waals surface area contributed by atoms with Crippen LogP contribution in [0.3, 0.4) is 0 Å². The highest BCUT2D eigenvalue weighted by Crippen LogP contribution is 2.24. The van der Waals surface area contributed by atoms with Crippen LogP contribution in [0, 0.1) is 13.8 Å². The van der Waals surface area contributed by atoms with Crippen LogP contribution in [-0.2, 0) is 13.1 Å². The van der Waals surface area contributed by atoms with Crippen LogP contribution in [0.4, 0.5) is 0 Å². The Morgan fingerprint density at radius 1 is 1.08 bits per heavy atom. The number of rotatable bonds is 5. The van der Waals surface area contributed by atoms with Crippen LogP contribution in [0.5, 0.6) is 0 Å². The van der Waals surface area contributed by atoms with E-state index in [0.29, 0.717) is 6.04 Å². The SMILES string of the molecule is Cc1cc(C)n(C2CN(Cc3nccn3Cc3ccccc3)C2)n1. The van der Waals surface area contributed by atoms with Gasteiger partial charge < -0.3 is 4.57 Å². The normalized spacial score (nSPS) is 15.6. The molecule has 2 aromatic heterocycles. The quantitative estimate of drug-likeness (QED) is 0.725. The van der Waals surface area contributed by atoms with Crippen LogP contribution in [-0.4, -0.2) is 37.3 Å². The van der Waals surface area contributed by atoms with Crippen molar-refractivity contribution in [2.75, 3.05) is 13.1 Å². The van der Waals surface area contributed by atoms with Crippen molar-refractivity contribution in [1.29, 1.82) is 0 Å². The third-order valence-corrected chi connectivity index (χ3v) is 4.69. The lowest BCUT2D eigenvalue weighted by molar-refractivity contribution is 0.0855. The highest BCUT2D eigenvalue weighted by atomic mass is 15.4. The van der Waals surface area contributed by atoms with Gasteiger partial charge in [-0.2, -0.15) is 5.10 Å². The summed E-state index contributed by atoms with van der Waals surface area (Å²) in [7, 11) is 0. The molecular weight excluding hydrogens is 298 g/mol. The van der Waals surface area contributed by atoms with Crippen molar-refractivity contribution in [2.24, 2.45) is 0 Å². The van der Waals surface area contributed by atoms with Crippen molar-refractivity contribution in [3.63, 3.8) is 0 Å². The van der Waals surface area contributed by atoms with Crippen LogP contribution in [0.2, 0.25) is 0 Å². The lowest BCUT2D eigenvalue weighted by atomic mass is 10.1. The minimum Gasteiger partial charge on any atom is -0.329 e. The van der Waals surface area contributed by atoms with Gasteiger partial charge in [0.1, 0.15) is 5.82 Å². The summed E-state index contributed by atoms with van der Waals surface area (Å²) < 4.78 is 4.41. The van der Waals surface area contributed by atoms with E-state index in [0.717, 1.165) is 37.7 Å². The second-order valence-corrected chi connectivity index (χ2v) is 6.68. The van der Waals surface area contributed by atoms with Gasteiger partial charge in [-0.25, -0.2) is 4.98 Å². The van der Waals surface area contributed by atoms with E-state index in [9.17, 15) is 0 Å². The number of nitrogens with zero attached hydrogens (tertiary/aromatic N) is 5. The van der Waals surface area contributed by atoms with Gasteiger partial charge >= 0.3 is 0 Å². The van der Waals surface area contributed by atoms with Crippen molar-refractivity contribution < 1.29 is 0 Å². The van der Waals surface area contributed by atoms with E-state index in [1.165, 1.54) is 11.3 Å². The Kier molecular flexibility index (Phi) is 3.94. The van der Waals surface area contributed by atoms with Crippen molar-refractivity contribution >= 4 is 0 Å². The monoisotopic (exact) mass is 321 g/mol. The zero-order chi connectivity index (χ0) is 16.5. The zero-order valence-corrected chi connectivity index (χ0v) is 14.3. The lowest BCUT2D eigenvalue weighted by Crippen LogP contribution is -2.48. The number of likely N-dealkylation sites (tertiary alicyclic amines) is 1. The van der Waals surface area contributed by atoms with Gasteiger partial charge in [-0.3, -0.25) is 9.58 Å². The van der Waals surface area contributed by atoms with Gasteiger partial charge in [0.05, 0.1) is 18.3 Å². The predicted molar refractivity (Wildman–Crippen MR) is 93.8 cm³/mol. The molecule has 1 saturated heterocycles. The first-order valence-corrected chi connectivity index (χ1v) is 8.48. The van der Waals surface area contributed by atoms with E-state index < -0.39 is 0 Å². The maximum Gasteiger partial charge on any atom is 0.123 e. The van der Waals surface area contributed by atoms with Crippen molar-refractivity contribution in [1.82, 2.24) is 24.2 Å². The summed E-state index contributed by atoms with van der Waals surface area (Å²) >= 11 is 0. The molecule has 0 unspecified atom stereocenters. The molecule has 0 spiro atoms. The molecule has 0 radical (unpaired) electrons. The van der Waals surface area contributed by atoms with Crippen LogP contribution in [0.15, 0.2) is 48.8 Å². The van der Waals surface area contributed by atoms with Gasteiger partial charge in [0.25, 0.3) is 0 Å². The highest BCUT2D eigenvalue weighted by Gasteiger charge is 2.30. The molecule has 0 N–H and O–H groups in total. The Balaban J connectivity index is 1.38. The summed E-state index contributed by atoms with van der Waals surface area (Å²) in [4.78, 5) is 6.99. The third-order valence-electron chi connectivity index (χ3n) is 4.69. The van der Waals surface area contributed by atoms with E-state index >= 15 is 0 Å². The third kappa shape index (κ3) is 2.99. The fourth-order valence-corrected chi connectivity index (χ4v) is 3.46. The zero-order valence-electron chi connectivity index (χ0n) is 14.3. The molecule has 3 heterocycles. The Morgan fingerprint density at radius 3 is 2.58 bits per heavy atom. The van der Waals surface area contributed by atoms with E-state index in [2.05, 4.69) is 80.7 Å². The van der Waals surface area contributed by atoms with E-state index in [-0.39, 0.29) is 0 Å². The molecule has 5 nitrogen and oxygen atoms in total. The smallest absolute Gasteiger partial charge is 0.123 e. The molecule has 24 heavy (non-hydrogen) atoms. The summed E-state index contributed by atoms with van der Waals surface area (Å²) in [5.41, 5.74) is 3.66. The fraction of sp³-hybridized carbons (Fsp3) is 0.368. The number of aryl methyl sites for hydroxylation is 2. The molecule has 3 aromatic rings. The molecule has 0 saturated carbocycles. The van der Waals surface area contributed by atoms with Gasteiger partial charge in [-0.05, 0) is 25.5 Å². The number of hydrogen-bond donors (Lipinski definition) is 0. The van der Waals surface area contributed by atoms with E-state index in [1.54, 1.807) is 0 Å². The predicted octanol–water partition coefficient (Wildman–Crippen LogP) is 2.80. The molecule has 5 heteroatoms. The highest BCUT2D eigenvalue weighted by molar-refractivity contribution is 5.16. The maximum atomic E-state index is 4.61. The maximum absolute atomic E-state index is 4.61. The number of aromatic nitrogens is 4. The summed E-state index contributed by atoms with van der Waals surface area (Å²) in [6.45, 7) is 8.05. The van der Waals surface area contributed by atoms with Crippen LogP contribution in [0.1, 0.15) is 28.8 Å². The fourth-order valence-electron chi connectivity index (χ4n) is 3.46. The molecule has 124 valence electrons. The van der Waals surface area contributed by atoms with Crippen LogP contribution >= 0.6 is 0 Å². The molecule has 1 fully saturated rings. The van der Waals surface area contributed by atoms with Crippen LogP contribution in [0.25, 0.3) is 0 Å². The second kappa shape index (κ2) is 6.24. The standard InChI is InChI=1S/C19H23N5/c1-15-10-16(2)24(21-15)18-12-22(13-18)14-19-20-8-9-23(19)11-17-6-4-3-5-7-17/h3-10,18H,11-14H2,1-2H3. The minimum atomic E-state index is 0.497. The van der Waals surface area contributed by atoms with Gasteiger partial charge in [-0.15, -0.1) is 0 Å². The van der Waals surface area contributed by atoms with Crippen molar-refractivity contribution in [3.05, 3.63) is 71.6 Å². The van der Waals surface area contributed by atoms with Gasteiger partial charge in [0, 0.05) is 37.7 Å². The average molecular weight is 321 g/mol. The molecular formula is C19H23N5. The van der Waals surface area contributed by atoms with Gasteiger partial charge in [0.15, 0.2) is 0 Å².